The van der Waals surface area contributed by atoms with Crippen LogP contribution < -0.4 is 5.32 Å². The maximum atomic E-state index is 13.4. The van der Waals surface area contributed by atoms with Gasteiger partial charge >= 0.3 is 0 Å². The first-order chi connectivity index (χ1) is 8.19. The Morgan fingerprint density at radius 2 is 2.29 bits per heavy atom. The SMILES string of the molecule is CCNCC1(c2cccc(F)c2)CCCC1C. The van der Waals surface area contributed by atoms with Gasteiger partial charge in [-0.3, -0.25) is 0 Å². The van der Waals surface area contributed by atoms with Gasteiger partial charge in [-0.15, -0.1) is 0 Å². The van der Waals surface area contributed by atoms with Crippen molar-refractivity contribution in [3.8, 4) is 0 Å². The van der Waals surface area contributed by atoms with E-state index in [0.717, 1.165) is 13.1 Å². The molecule has 0 bridgehead atoms. The van der Waals surface area contributed by atoms with Gasteiger partial charge < -0.3 is 5.32 Å². The highest BCUT2D eigenvalue weighted by atomic mass is 19.1. The fourth-order valence-corrected chi connectivity index (χ4v) is 3.19. The molecule has 0 saturated heterocycles. The first-order valence-electron chi connectivity index (χ1n) is 6.66. The van der Waals surface area contributed by atoms with Crippen molar-refractivity contribution in [3.05, 3.63) is 35.6 Å². The zero-order valence-corrected chi connectivity index (χ0v) is 10.8. The molecule has 1 aromatic carbocycles. The van der Waals surface area contributed by atoms with E-state index >= 15 is 0 Å². The molecule has 0 aliphatic heterocycles. The second-order valence-electron chi connectivity index (χ2n) is 5.24. The molecule has 0 amide bonds. The maximum Gasteiger partial charge on any atom is 0.123 e. The number of likely N-dealkylation sites (N-methyl/N-ethyl adjacent to an activating group) is 1. The number of benzene rings is 1. The van der Waals surface area contributed by atoms with Crippen molar-refractivity contribution >= 4 is 0 Å². The summed E-state index contributed by atoms with van der Waals surface area (Å²) in [4.78, 5) is 0. The van der Waals surface area contributed by atoms with Gasteiger partial charge in [-0.2, -0.15) is 0 Å². The van der Waals surface area contributed by atoms with Gasteiger partial charge in [0.1, 0.15) is 5.82 Å². The summed E-state index contributed by atoms with van der Waals surface area (Å²) in [5.74, 6) is 0.515. The van der Waals surface area contributed by atoms with Crippen molar-refractivity contribution in [1.29, 1.82) is 0 Å². The van der Waals surface area contributed by atoms with Crippen molar-refractivity contribution in [1.82, 2.24) is 5.32 Å². The van der Waals surface area contributed by atoms with Crippen LogP contribution in [0, 0.1) is 11.7 Å². The molecule has 0 heterocycles. The fourth-order valence-electron chi connectivity index (χ4n) is 3.19. The van der Waals surface area contributed by atoms with Crippen LogP contribution in [0.5, 0.6) is 0 Å². The van der Waals surface area contributed by atoms with E-state index in [2.05, 4.69) is 25.2 Å². The smallest absolute Gasteiger partial charge is 0.123 e. The van der Waals surface area contributed by atoms with Gasteiger partial charge in [-0.25, -0.2) is 4.39 Å². The number of hydrogen-bond acceptors (Lipinski definition) is 1. The van der Waals surface area contributed by atoms with Crippen molar-refractivity contribution in [2.45, 2.75) is 38.5 Å². The molecule has 1 aliphatic carbocycles. The molecule has 2 unspecified atom stereocenters. The third-order valence-corrected chi connectivity index (χ3v) is 4.29. The summed E-state index contributed by atoms with van der Waals surface area (Å²) in [6, 6.07) is 7.18. The quantitative estimate of drug-likeness (QED) is 0.842. The van der Waals surface area contributed by atoms with E-state index in [9.17, 15) is 4.39 Å². The molecule has 1 aromatic rings. The molecule has 1 fully saturated rings. The van der Waals surface area contributed by atoms with E-state index in [4.69, 9.17) is 0 Å². The van der Waals surface area contributed by atoms with E-state index in [1.54, 1.807) is 6.07 Å². The molecule has 17 heavy (non-hydrogen) atoms. The van der Waals surface area contributed by atoms with Gasteiger partial charge in [-0.1, -0.05) is 32.4 Å². The zero-order valence-electron chi connectivity index (χ0n) is 10.8. The van der Waals surface area contributed by atoms with Gasteiger partial charge in [0.15, 0.2) is 0 Å². The van der Waals surface area contributed by atoms with E-state index in [1.165, 1.54) is 30.9 Å². The Morgan fingerprint density at radius 1 is 1.47 bits per heavy atom. The molecule has 1 N–H and O–H groups in total. The van der Waals surface area contributed by atoms with Crippen LogP contribution in [0.15, 0.2) is 24.3 Å². The van der Waals surface area contributed by atoms with Gasteiger partial charge in [0, 0.05) is 12.0 Å². The number of hydrogen-bond donors (Lipinski definition) is 1. The van der Waals surface area contributed by atoms with E-state index < -0.39 is 0 Å². The van der Waals surface area contributed by atoms with Gasteiger partial charge in [0.25, 0.3) is 0 Å². The minimum absolute atomic E-state index is 0.113. The molecular formula is C15H22FN. The van der Waals surface area contributed by atoms with Gasteiger partial charge in [0.05, 0.1) is 0 Å². The number of nitrogens with one attached hydrogen (secondary N) is 1. The van der Waals surface area contributed by atoms with Crippen LogP contribution in [0.3, 0.4) is 0 Å². The predicted octanol–water partition coefficient (Wildman–Crippen LogP) is 3.49. The molecule has 2 heteroatoms. The van der Waals surface area contributed by atoms with E-state index in [0.29, 0.717) is 5.92 Å². The molecule has 0 aromatic heterocycles. The Kier molecular flexibility index (Phi) is 3.82. The number of halogens is 1. The highest BCUT2D eigenvalue weighted by Crippen LogP contribution is 2.45. The second-order valence-corrected chi connectivity index (χ2v) is 5.24. The molecule has 0 spiro atoms. The van der Waals surface area contributed by atoms with Crippen molar-refractivity contribution in [3.63, 3.8) is 0 Å². The lowest BCUT2D eigenvalue weighted by Crippen LogP contribution is -2.40. The monoisotopic (exact) mass is 235 g/mol. The van der Waals surface area contributed by atoms with Crippen LogP contribution in [0.2, 0.25) is 0 Å². The zero-order chi connectivity index (χ0) is 12.3. The van der Waals surface area contributed by atoms with Crippen LogP contribution in [0.4, 0.5) is 4.39 Å². The lowest BCUT2D eigenvalue weighted by atomic mass is 9.73. The molecule has 0 radical (unpaired) electrons. The van der Waals surface area contributed by atoms with Crippen molar-refractivity contribution in [2.24, 2.45) is 5.92 Å². The van der Waals surface area contributed by atoms with Gasteiger partial charge in [0.2, 0.25) is 0 Å². The number of rotatable bonds is 4. The van der Waals surface area contributed by atoms with Gasteiger partial charge in [-0.05, 0) is 43.0 Å². The summed E-state index contributed by atoms with van der Waals surface area (Å²) in [5, 5.41) is 3.46. The lowest BCUT2D eigenvalue weighted by Gasteiger charge is -2.35. The molecule has 2 atom stereocenters. The van der Waals surface area contributed by atoms with Crippen LogP contribution in [0.1, 0.15) is 38.7 Å². The molecule has 94 valence electrons. The summed E-state index contributed by atoms with van der Waals surface area (Å²) in [6.07, 6.45) is 3.68. The average Bonchev–Trinajstić information content (AvgIpc) is 2.69. The Labute approximate surface area is 103 Å². The minimum Gasteiger partial charge on any atom is -0.316 e. The third kappa shape index (κ3) is 2.37. The van der Waals surface area contributed by atoms with E-state index in [-0.39, 0.29) is 11.2 Å². The third-order valence-electron chi connectivity index (χ3n) is 4.29. The summed E-state index contributed by atoms with van der Waals surface area (Å²) in [6.45, 7) is 6.37. The molecule has 2 rings (SSSR count). The van der Waals surface area contributed by atoms with Crippen LogP contribution in [0.25, 0.3) is 0 Å². The van der Waals surface area contributed by atoms with Crippen molar-refractivity contribution in [2.75, 3.05) is 13.1 Å². The highest BCUT2D eigenvalue weighted by molar-refractivity contribution is 5.29. The average molecular weight is 235 g/mol. The molecule has 1 saturated carbocycles. The Bertz CT molecular complexity index is 377. The summed E-state index contributed by atoms with van der Waals surface area (Å²) >= 11 is 0. The summed E-state index contributed by atoms with van der Waals surface area (Å²) in [7, 11) is 0. The van der Waals surface area contributed by atoms with E-state index in [1.807, 2.05) is 6.07 Å². The standard InChI is InChI=1S/C15H22FN/c1-3-17-11-15(9-5-6-12(15)2)13-7-4-8-14(16)10-13/h4,7-8,10,12,17H,3,5-6,9,11H2,1-2H3. The predicted molar refractivity (Wildman–Crippen MR) is 69.6 cm³/mol. The van der Waals surface area contributed by atoms with Crippen LogP contribution in [-0.2, 0) is 5.41 Å². The largest absolute Gasteiger partial charge is 0.316 e. The summed E-state index contributed by atoms with van der Waals surface area (Å²) < 4.78 is 13.4. The summed E-state index contributed by atoms with van der Waals surface area (Å²) in [5.41, 5.74) is 1.31. The minimum atomic E-state index is -0.113. The first kappa shape index (κ1) is 12.6. The fraction of sp³-hybridized carbons (Fsp3) is 0.600. The highest BCUT2D eigenvalue weighted by Gasteiger charge is 2.41. The Morgan fingerprint density at radius 3 is 2.88 bits per heavy atom. The molecule has 1 aliphatic rings. The normalized spacial score (nSPS) is 28.5. The van der Waals surface area contributed by atoms with Crippen LogP contribution in [-0.4, -0.2) is 13.1 Å². The molecular weight excluding hydrogens is 213 g/mol. The Balaban J connectivity index is 2.32. The topological polar surface area (TPSA) is 12.0 Å². The van der Waals surface area contributed by atoms with Crippen molar-refractivity contribution < 1.29 is 4.39 Å². The Hall–Kier alpha value is -0.890. The maximum absolute atomic E-state index is 13.4. The molecule has 1 nitrogen and oxygen atoms in total. The van der Waals surface area contributed by atoms with Crippen LogP contribution >= 0.6 is 0 Å². The first-order valence-corrected chi connectivity index (χ1v) is 6.66. The lowest BCUT2D eigenvalue weighted by molar-refractivity contribution is 0.319. The second kappa shape index (κ2) is 5.18.